The molecule has 0 aliphatic rings. The van der Waals surface area contributed by atoms with Gasteiger partial charge in [0.1, 0.15) is 11.6 Å². The van der Waals surface area contributed by atoms with Crippen molar-refractivity contribution < 1.29 is 4.74 Å². The zero-order chi connectivity index (χ0) is 16.8. The van der Waals surface area contributed by atoms with Crippen LogP contribution in [0.5, 0.6) is 5.75 Å². The van der Waals surface area contributed by atoms with Gasteiger partial charge >= 0.3 is 0 Å². The van der Waals surface area contributed by atoms with Crippen LogP contribution in [0.4, 0.5) is 11.8 Å². The van der Waals surface area contributed by atoms with Crippen LogP contribution in [0.25, 0.3) is 10.9 Å². The quantitative estimate of drug-likeness (QED) is 0.648. The van der Waals surface area contributed by atoms with Gasteiger partial charge in [-0.15, -0.1) is 6.58 Å². The lowest BCUT2D eigenvalue weighted by molar-refractivity contribution is 0.410. The number of para-hydroxylation sites is 2. The van der Waals surface area contributed by atoms with Crippen LogP contribution in [0, 0.1) is 0 Å². The highest BCUT2D eigenvalue weighted by molar-refractivity contribution is 5.90. The SMILES string of the molecule is C=CCNc1nc(NCc2ccccc2OC)c2ccccc2n1. The fourth-order valence-corrected chi connectivity index (χ4v) is 2.48. The smallest absolute Gasteiger partial charge is 0.225 e. The first-order valence-corrected chi connectivity index (χ1v) is 7.79. The molecule has 3 aromatic rings. The number of nitrogens with zero attached hydrogens (tertiary/aromatic N) is 2. The summed E-state index contributed by atoms with van der Waals surface area (Å²) in [6, 6.07) is 15.9. The predicted molar refractivity (Wildman–Crippen MR) is 98.5 cm³/mol. The van der Waals surface area contributed by atoms with Crippen molar-refractivity contribution in [1.82, 2.24) is 9.97 Å². The number of methoxy groups -OCH3 is 1. The minimum Gasteiger partial charge on any atom is -0.496 e. The second-order valence-electron chi connectivity index (χ2n) is 5.25. The van der Waals surface area contributed by atoms with Crippen molar-refractivity contribution in [1.29, 1.82) is 0 Å². The number of aromatic nitrogens is 2. The fraction of sp³-hybridized carbons (Fsp3) is 0.158. The van der Waals surface area contributed by atoms with Crippen molar-refractivity contribution in [3.8, 4) is 5.75 Å². The molecule has 2 N–H and O–H groups in total. The van der Waals surface area contributed by atoms with E-state index in [1.54, 1.807) is 13.2 Å². The molecule has 0 aliphatic carbocycles. The average molecular weight is 320 g/mol. The molecule has 24 heavy (non-hydrogen) atoms. The summed E-state index contributed by atoms with van der Waals surface area (Å²) in [4.78, 5) is 9.11. The van der Waals surface area contributed by atoms with Crippen LogP contribution in [0.3, 0.4) is 0 Å². The first kappa shape index (κ1) is 15.8. The summed E-state index contributed by atoms with van der Waals surface area (Å²) in [5.41, 5.74) is 1.96. The van der Waals surface area contributed by atoms with Crippen molar-refractivity contribution in [2.45, 2.75) is 6.54 Å². The van der Waals surface area contributed by atoms with Crippen molar-refractivity contribution in [3.05, 3.63) is 66.7 Å². The molecule has 5 heteroatoms. The van der Waals surface area contributed by atoms with Crippen molar-refractivity contribution in [2.24, 2.45) is 0 Å². The average Bonchev–Trinajstić information content (AvgIpc) is 2.64. The molecule has 3 rings (SSSR count). The normalized spacial score (nSPS) is 10.4. The molecule has 0 saturated carbocycles. The van der Waals surface area contributed by atoms with Crippen molar-refractivity contribution in [2.75, 3.05) is 24.3 Å². The fourth-order valence-electron chi connectivity index (χ4n) is 2.48. The van der Waals surface area contributed by atoms with Crippen molar-refractivity contribution in [3.63, 3.8) is 0 Å². The van der Waals surface area contributed by atoms with Crippen LogP contribution in [0.1, 0.15) is 5.56 Å². The Kier molecular flexibility index (Phi) is 4.91. The van der Waals surface area contributed by atoms with Crippen LogP contribution in [-0.2, 0) is 6.54 Å². The maximum atomic E-state index is 5.40. The Bertz CT molecular complexity index is 848. The molecular formula is C19H20N4O. The summed E-state index contributed by atoms with van der Waals surface area (Å²) in [5, 5.41) is 7.52. The molecule has 1 heterocycles. The molecule has 0 radical (unpaired) electrons. The van der Waals surface area contributed by atoms with Gasteiger partial charge in [-0.25, -0.2) is 4.98 Å². The number of hydrogen-bond donors (Lipinski definition) is 2. The van der Waals surface area contributed by atoms with Crippen LogP contribution in [-0.4, -0.2) is 23.6 Å². The first-order valence-electron chi connectivity index (χ1n) is 7.79. The number of benzene rings is 2. The van der Waals surface area contributed by atoms with Gasteiger partial charge in [-0.1, -0.05) is 36.4 Å². The third-order valence-electron chi connectivity index (χ3n) is 3.65. The zero-order valence-corrected chi connectivity index (χ0v) is 13.6. The Balaban J connectivity index is 1.91. The summed E-state index contributed by atoms with van der Waals surface area (Å²) in [7, 11) is 1.68. The van der Waals surface area contributed by atoms with E-state index in [1.807, 2.05) is 48.5 Å². The second-order valence-corrected chi connectivity index (χ2v) is 5.25. The van der Waals surface area contributed by atoms with E-state index < -0.39 is 0 Å². The van der Waals surface area contributed by atoms with Crippen molar-refractivity contribution >= 4 is 22.7 Å². The highest BCUT2D eigenvalue weighted by atomic mass is 16.5. The summed E-state index contributed by atoms with van der Waals surface area (Å²) >= 11 is 0. The number of hydrogen-bond acceptors (Lipinski definition) is 5. The molecule has 2 aromatic carbocycles. The molecular weight excluding hydrogens is 300 g/mol. The molecule has 0 fully saturated rings. The van der Waals surface area contributed by atoms with E-state index in [9.17, 15) is 0 Å². The van der Waals surface area contributed by atoms with Gasteiger partial charge in [0.05, 0.1) is 12.6 Å². The van der Waals surface area contributed by atoms with Crippen LogP contribution < -0.4 is 15.4 Å². The standard InChI is InChI=1S/C19H20N4O/c1-3-12-20-19-22-16-10-6-5-9-15(16)18(23-19)21-13-14-8-4-7-11-17(14)24-2/h3-11H,1,12-13H2,2H3,(H2,20,21,22,23). The van der Waals surface area contributed by atoms with E-state index in [0.29, 0.717) is 19.0 Å². The number of anilines is 2. The van der Waals surface area contributed by atoms with E-state index in [2.05, 4.69) is 27.2 Å². The van der Waals surface area contributed by atoms with Gasteiger partial charge in [-0.05, 0) is 18.2 Å². The third-order valence-corrected chi connectivity index (χ3v) is 3.65. The topological polar surface area (TPSA) is 59.1 Å². The van der Waals surface area contributed by atoms with E-state index in [-0.39, 0.29) is 0 Å². The maximum absolute atomic E-state index is 5.40. The van der Waals surface area contributed by atoms with E-state index >= 15 is 0 Å². The van der Waals surface area contributed by atoms with E-state index in [1.165, 1.54) is 0 Å². The number of nitrogens with one attached hydrogen (secondary N) is 2. The van der Waals surface area contributed by atoms with Gasteiger partial charge in [0.15, 0.2) is 0 Å². The lowest BCUT2D eigenvalue weighted by Crippen LogP contribution is -2.08. The maximum Gasteiger partial charge on any atom is 0.225 e. The number of ether oxygens (including phenoxy) is 1. The van der Waals surface area contributed by atoms with Gasteiger partial charge in [0, 0.05) is 24.0 Å². The lowest BCUT2D eigenvalue weighted by atomic mass is 10.2. The first-order chi connectivity index (χ1) is 11.8. The molecule has 0 aliphatic heterocycles. The molecule has 0 bridgehead atoms. The Morgan fingerprint density at radius 2 is 1.83 bits per heavy atom. The molecule has 0 unspecified atom stereocenters. The number of fused-ring (bicyclic) bond motifs is 1. The Hall–Kier alpha value is -3.08. The van der Waals surface area contributed by atoms with Gasteiger partial charge in [0.2, 0.25) is 5.95 Å². The van der Waals surface area contributed by atoms with Crippen LogP contribution >= 0.6 is 0 Å². The zero-order valence-electron chi connectivity index (χ0n) is 13.6. The Morgan fingerprint density at radius 3 is 2.67 bits per heavy atom. The molecule has 5 nitrogen and oxygen atoms in total. The van der Waals surface area contributed by atoms with E-state index in [4.69, 9.17) is 4.74 Å². The molecule has 0 saturated heterocycles. The minimum absolute atomic E-state index is 0.580. The van der Waals surface area contributed by atoms with Crippen LogP contribution in [0.2, 0.25) is 0 Å². The molecule has 0 amide bonds. The second kappa shape index (κ2) is 7.46. The van der Waals surface area contributed by atoms with Gasteiger partial charge in [0.25, 0.3) is 0 Å². The highest BCUT2D eigenvalue weighted by Crippen LogP contribution is 2.24. The molecule has 122 valence electrons. The summed E-state index contributed by atoms with van der Waals surface area (Å²) in [6.07, 6.45) is 1.78. The molecule has 0 spiro atoms. The predicted octanol–water partition coefficient (Wildman–Crippen LogP) is 3.85. The van der Waals surface area contributed by atoms with Gasteiger partial charge in [-0.2, -0.15) is 4.98 Å². The summed E-state index contributed by atoms with van der Waals surface area (Å²) in [6.45, 7) is 4.94. The van der Waals surface area contributed by atoms with E-state index in [0.717, 1.165) is 28.0 Å². The minimum atomic E-state index is 0.580. The third kappa shape index (κ3) is 3.46. The summed E-state index contributed by atoms with van der Waals surface area (Å²) < 4.78 is 5.40. The largest absolute Gasteiger partial charge is 0.496 e. The molecule has 1 aromatic heterocycles. The van der Waals surface area contributed by atoms with Gasteiger partial charge in [-0.3, -0.25) is 0 Å². The summed E-state index contributed by atoms with van der Waals surface area (Å²) in [5.74, 6) is 2.22. The number of rotatable bonds is 7. The van der Waals surface area contributed by atoms with Crippen LogP contribution in [0.15, 0.2) is 61.2 Å². The Labute approximate surface area is 141 Å². The lowest BCUT2D eigenvalue weighted by Gasteiger charge is -2.13. The monoisotopic (exact) mass is 320 g/mol. The highest BCUT2D eigenvalue weighted by Gasteiger charge is 2.08. The van der Waals surface area contributed by atoms with Gasteiger partial charge < -0.3 is 15.4 Å². The Morgan fingerprint density at radius 1 is 1.04 bits per heavy atom. The molecule has 0 atom stereocenters.